The van der Waals surface area contributed by atoms with Gasteiger partial charge in [0.05, 0.1) is 6.20 Å². The molecule has 19 heteroatoms. The Bertz CT molecular complexity index is 416. The van der Waals surface area contributed by atoms with E-state index in [-0.39, 0.29) is 117 Å². The molecular weight excluding hydrogens is 993 g/mol. The first-order chi connectivity index (χ1) is 13.9. The number of hydrogen-bond acceptors (Lipinski definition) is 1. The van der Waals surface area contributed by atoms with Crippen LogP contribution >= 0.6 is 0 Å². The standard InChI is InChI=1S/C4H5NO.11CO.6Ru/c1-5-2-3-6-4-5;11*1-2;;;;;;/h2-3H,1H3;;;;;;;;;;;;;;;;;. The molecule has 1 rings (SSSR count). The number of aryl methyl sites for hydroxylation is 1. The van der Waals surface area contributed by atoms with E-state index in [4.69, 9.17) is 51.2 Å². The van der Waals surface area contributed by atoms with Gasteiger partial charge in [-0.05, 0) is 6.26 Å². The van der Waals surface area contributed by atoms with Crippen molar-refractivity contribution in [3.63, 3.8) is 0 Å². The second-order valence-corrected chi connectivity index (χ2v) is 1.11. The topological polar surface area (TPSA) is 236 Å². The number of rotatable bonds is 0. The first-order valence-electron chi connectivity index (χ1n) is 3.95. The van der Waals surface area contributed by atoms with E-state index >= 15 is 0 Å². The zero-order valence-corrected chi connectivity index (χ0v) is 26.1. The molecule has 1 aromatic heterocycles. The molecule has 0 radical (unpaired) electrons. The Morgan fingerprint density at radius 2 is 0.588 bits per heavy atom. The van der Waals surface area contributed by atoms with Gasteiger partial charge in [0.15, 0.2) is 0 Å². The Morgan fingerprint density at radius 3 is 0.618 bits per heavy atom. The van der Waals surface area contributed by atoms with Crippen molar-refractivity contribution in [3.05, 3.63) is 92.0 Å². The summed E-state index contributed by atoms with van der Waals surface area (Å²) in [5.41, 5.74) is 0. The molecule has 0 unspecified atom stereocenters. The van der Waals surface area contributed by atoms with Crippen LogP contribution in [0.3, 0.4) is 0 Å². The van der Waals surface area contributed by atoms with Crippen LogP contribution in [0.4, 0.5) is 0 Å². The second kappa shape index (κ2) is 678. The van der Waals surface area contributed by atoms with Crippen LogP contribution < -0.4 is 4.57 Å². The van der Waals surface area contributed by atoms with Crippen molar-refractivity contribution < 1.29 is 177 Å². The number of oxazole rings is 1. The van der Waals surface area contributed by atoms with Crippen LogP contribution in [0.25, 0.3) is 0 Å². The molecule has 1 aromatic rings. The average molecular weight is 998 g/mol. The molecule has 190 valence electrons. The van der Waals surface area contributed by atoms with E-state index in [1.165, 1.54) is 0 Å². The van der Waals surface area contributed by atoms with Gasteiger partial charge in [-0.25, -0.2) is 0 Å². The summed E-state index contributed by atoms with van der Waals surface area (Å²) in [6.07, 6.45) is 5.89. The van der Waals surface area contributed by atoms with E-state index in [1.54, 1.807) is 17.0 Å². The van der Waals surface area contributed by atoms with Crippen molar-refractivity contribution in [3.8, 4) is 0 Å². The van der Waals surface area contributed by atoms with E-state index in [2.05, 4.69) is 84.0 Å². The first-order valence-corrected chi connectivity index (χ1v) is 3.95. The van der Waals surface area contributed by atoms with E-state index < -0.39 is 0 Å². The quantitative estimate of drug-likeness (QED) is 0.142. The molecule has 0 fully saturated rings. The molecule has 0 aliphatic carbocycles. The minimum atomic E-state index is 0. The molecule has 34 heavy (non-hydrogen) atoms. The monoisotopic (exact) mass is 1000 g/mol. The normalized spacial score (nSPS) is 2.21. The van der Waals surface area contributed by atoms with Crippen LogP contribution in [0.1, 0.15) is 0 Å². The minimum absolute atomic E-state index is 0. The van der Waals surface area contributed by atoms with Crippen molar-refractivity contribution >= 4 is 0 Å². The zero-order chi connectivity index (χ0) is 26.4. The maximum Gasteiger partial charge on any atom is 0 e. The number of nitrogens with zero attached hydrogens (tertiary/aromatic N) is 1. The molecule has 13 nitrogen and oxygen atoms in total. The van der Waals surface area contributed by atoms with E-state index in [0.29, 0.717) is 0 Å². The molecule has 0 aromatic carbocycles. The summed E-state index contributed by atoms with van der Waals surface area (Å²) in [5.74, 6) is 0. The molecule has 0 saturated heterocycles. The summed E-state index contributed by atoms with van der Waals surface area (Å²) in [7, 11) is 1.85. The predicted octanol–water partition coefficient (Wildman–Crippen LogP) is -0.523. The summed E-state index contributed by atoms with van der Waals surface area (Å²) in [4.78, 5) is 0. The molecule has 0 atom stereocenters. The minimum Gasteiger partial charge on any atom is 0 e. The third-order valence-electron chi connectivity index (χ3n) is 0.549. The third-order valence-corrected chi connectivity index (χ3v) is 0.549. The molecule has 0 aliphatic rings. The zero-order valence-electron chi connectivity index (χ0n) is 15.6. The van der Waals surface area contributed by atoms with Crippen LogP contribution in [0.2, 0.25) is 0 Å². The molecule has 0 aliphatic heterocycles. The van der Waals surface area contributed by atoms with Crippen molar-refractivity contribution in [2.24, 2.45) is 7.05 Å². The first kappa shape index (κ1) is 128. The molecule has 0 bridgehead atoms. The van der Waals surface area contributed by atoms with Gasteiger partial charge in [-0.15, -0.1) is 0 Å². The van der Waals surface area contributed by atoms with Gasteiger partial charge in [-0.1, -0.05) is 0 Å². The van der Waals surface area contributed by atoms with Crippen LogP contribution in [0.5, 0.6) is 0 Å². The van der Waals surface area contributed by atoms with Crippen LogP contribution in [0.15, 0.2) is 16.9 Å². The summed E-state index contributed by atoms with van der Waals surface area (Å²) >= 11 is 0. The third kappa shape index (κ3) is 617. The van der Waals surface area contributed by atoms with E-state index in [0.717, 1.165) is 0 Å². The molecular formula is C15H5NO12Ru6. The van der Waals surface area contributed by atoms with Gasteiger partial charge in [0.1, 0.15) is 7.05 Å². The Hall–Kier alpha value is 0.0903. The maximum absolute atomic E-state index is 7.50. The van der Waals surface area contributed by atoms with Crippen molar-refractivity contribution in [2.45, 2.75) is 0 Å². The Morgan fingerprint density at radius 1 is 0.441 bits per heavy atom. The second-order valence-electron chi connectivity index (χ2n) is 1.11. The largest absolute Gasteiger partial charge is 0 e. The molecule has 0 spiro atoms. The summed E-state index contributed by atoms with van der Waals surface area (Å²) < 4.78 is 88.8. The molecule has 0 N–H and O–H groups in total. The van der Waals surface area contributed by atoms with Gasteiger partial charge < -0.3 is 4.42 Å². The summed E-state index contributed by atoms with van der Waals surface area (Å²) in [5, 5.41) is 0. The fourth-order valence-corrected chi connectivity index (χ4v) is 0.266. The smallest absolute Gasteiger partial charge is 0 e. The number of hydrogen-bond donors (Lipinski definition) is 0. The molecule has 0 saturated carbocycles. The molecule has 0 amide bonds. The van der Waals surface area contributed by atoms with Gasteiger partial charge in [0.25, 0.3) is 0 Å². The van der Waals surface area contributed by atoms with Crippen molar-refractivity contribution in [1.82, 2.24) is 0 Å². The maximum atomic E-state index is 7.50. The van der Waals surface area contributed by atoms with Gasteiger partial charge in [-0.3, -0.25) is 4.57 Å². The van der Waals surface area contributed by atoms with Gasteiger partial charge in [-0.2, -0.15) is 0 Å². The van der Waals surface area contributed by atoms with E-state index in [1.807, 2.05) is 7.05 Å². The van der Waals surface area contributed by atoms with Crippen molar-refractivity contribution in [1.29, 1.82) is 0 Å². The summed E-state index contributed by atoms with van der Waals surface area (Å²) in [6, 6.07) is 0. The fraction of sp³-hybridized carbons (Fsp3) is 0.0667. The average Bonchev–Trinajstić information content (AvgIpc) is 3.39. The van der Waals surface area contributed by atoms with Gasteiger partial charge in [0.2, 0.25) is 0 Å². The Labute approximate surface area is 273 Å². The Balaban J connectivity index is -0.00000000632. The SMILES string of the molecule is C[n+]1[c-]occ1.[C-]#[O+].[C-]#[O+].[C-]#[O+].[C-]#[O+].[C-]#[O+].[C-]#[O+].[C-]#[O+].[C-]#[O+].[C-]#[O+].[C-]#[O+].[C-]#[O+].[Ru].[Ru].[Ru].[Ru].[Ru].[Ru]. The fourth-order valence-electron chi connectivity index (χ4n) is 0.266. The van der Waals surface area contributed by atoms with E-state index in [9.17, 15) is 0 Å². The molecule has 1 heterocycles. The van der Waals surface area contributed by atoms with Crippen LogP contribution in [-0.2, 0) is 175 Å². The van der Waals surface area contributed by atoms with Crippen molar-refractivity contribution in [2.75, 3.05) is 0 Å². The van der Waals surface area contributed by atoms with Crippen LogP contribution in [0, 0.1) is 79.5 Å². The predicted molar refractivity (Wildman–Crippen MR) is 61.9 cm³/mol. The van der Waals surface area contributed by atoms with Crippen LogP contribution in [-0.4, -0.2) is 0 Å². The Kier molecular flexibility index (Phi) is 2550. The number of aromatic nitrogens is 1. The van der Waals surface area contributed by atoms with Gasteiger partial charge in [0, 0.05) is 117 Å². The summed E-state index contributed by atoms with van der Waals surface area (Å²) in [6.45, 7) is 49.5. The van der Waals surface area contributed by atoms with Gasteiger partial charge >= 0.3 is 131 Å².